The molecule has 0 rings (SSSR count). The molecule has 0 aromatic rings. The van der Waals surface area contributed by atoms with Crippen LogP contribution in [0.25, 0.3) is 0 Å². The predicted octanol–water partition coefficient (Wildman–Crippen LogP) is 1.42. The van der Waals surface area contributed by atoms with Gasteiger partial charge in [-0.25, -0.2) is 0 Å². The molecule has 2 N–H and O–H groups in total. The molecule has 0 fully saturated rings. The van der Waals surface area contributed by atoms with Crippen molar-refractivity contribution in [2.24, 2.45) is 0 Å². The second-order valence-corrected chi connectivity index (χ2v) is 7.50. The van der Waals surface area contributed by atoms with Crippen LogP contribution in [0.15, 0.2) is 0 Å². The summed E-state index contributed by atoms with van der Waals surface area (Å²) in [7, 11) is 3.95. The first kappa shape index (κ1) is 16.2. The van der Waals surface area contributed by atoms with Crippen molar-refractivity contribution in [1.82, 2.24) is 10.2 Å². The summed E-state index contributed by atoms with van der Waals surface area (Å²) < 4.78 is 0.318. The van der Waals surface area contributed by atoms with Gasteiger partial charge in [0.15, 0.2) is 0 Å². The first-order valence-electron chi connectivity index (χ1n) is 5.91. The molecule has 0 saturated heterocycles. The van der Waals surface area contributed by atoms with E-state index >= 15 is 0 Å². The third-order valence-corrected chi connectivity index (χ3v) is 3.58. The third-order valence-electron chi connectivity index (χ3n) is 2.04. The van der Waals surface area contributed by atoms with Crippen molar-refractivity contribution in [3.8, 4) is 0 Å². The smallest absolute Gasteiger partial charge is 0.0791 e. The Balaban J connectivity index is 3.61. The summed E-state index contributed by atoms with van der Waals surface area (Å²) in [5, 5.41) is 13.0. The topological polar surface area (TPSA) is 35.5 Å². The van der Waals surface area contributed by atoms with E-state index in [1.54, 1.807) is 0 Å². The zero-order valence-electron chi connectivity index (χ0n) is 11.6. The molecule has 0 aromatic heterocycles. The maximum absolute atomic E-state index is 9.69. The van der Waals surface area contributed by atoms with Gasteiger partial charge in [0.25, 0.3) is 0 Å². The van der Waals surface area contributed by atoms with Crippen LogP contribution >= 0.6 is 11.8 Å². The number of rotatable bonds is 7. The van der Waals surface area contributed by atoms with Gasteiger partial charge in [-0.2, -0.15) is 11.8 Å². The van der Waals surface area contributed by atoms with Crippen molar-refractivity contribution in [3.63, 3.8) is 0 Å². The highest BCUT2D eigenvalue weighted by atomic mass is 32.2. The van der Waals surface area contributed by atoms with Crippen LogP contribution in [-0.4, -0.2) is 59.8 Å². The van der Waals surface area contributed by atoms with Gasteiger partial charge in [0.2, 0.25) is 0 Å². The number of hydrogen-bond donors (Lipinski definition) is 2. The van der Waals surface area contributed by atoms with E-state index in [0.717, 1.165) is 5.75 Å². The zero-order valence-corrected chi connectivity index (χ0v) is 12.4. The number of nitrogens with one attached hydrogen (secondary N) is 1. The highest BCUT2D eigenvalue weighted by Gasteiger charge is 2.13. The Morgan fingerprint density at radius 3 is 2.31 bits per heavy atom. The number of thioether (sulfide) groups is 1. The largest absolute Gasteiger partial charge is 0.390 e. The predicted molar refractivity (Wildman–Crippen MR) is 74.2 cm³/mol. The molecule has 0 heterocycles. The van der Waals surface area contributed by atoms with E-state index in [1.807, 2.05) is 30.8 Å². The molecule has 4 heteroatoms. The molecule has 0 aliphatic carbocycles. The van der Waals surface area contributed by atoms with Gasteiger partial charge in [-0.1, -0.05) is 20.8 Å². The van der Waals surface area contributed by atoms with Gasteiger partial charge < -0.3 is 15.3 Å². The van der Waals surface area contributed by atoms with Crippen molar-refractivity contribution >= 4 is 11.8 Å². The van der Waals surface area contributed by atoms with Gasteiger partial charge in [-0.05, 0) is 21.0 Å². The Labute approximate surface area is 105 Å². The highest BCUT2D eigenvalue weighted by Crippen LogP contribution is 2.23. The molecule has 0 aliphatic heterocycles. The van der Waals surface area contributed by atoms with Gasteiger partial charge in [-0.3, -0.25) is 0 Å². The molecular weight excluding hydrogens is 220 g/mol. The van der Waals surface area contributed by atoms with E-state index in [-0.39, 0.29) is 6.10 Å². The average Bonchev–Trinajstić information content (AvgIpc) is 2.09. The molecule has 16 heavy (non-hydrogen) atoms. The SMILES string of the molecule is CC(CSC(C)(C)C)NCC(O)CN(C)C. The van der Waals surface area contributed by atoms with Gasteiger partial charge in [-0.15, -0.1) is 0 Å². The Morgan fingerprint density at radius 1 is 1.31 bits per heavy atom. The van der Waals surface area contributed by atoms with Gasteiger partial charge in [0.1, 0.15) is 0 Å². The molecule has 0 aromatic carbocycles. The van der Waals surface area contributed by atoms with Crippen LogP contribution in [0, 0.1) is 0 Å². The first-order valence-corrected chi connectivity index (χ1v) is 6.89. The zero-order chi connectivity index (χ0) is 12.8. The fraction of sp³-hybridized carbons (Fsp3) is 1.00. The van der Waals surface area contributed by atoms with Crippen LogP contribution in [0.1, 0.15) is 27.7 Å². The van der Waals surface area contributed by atoms with Gasteiger partial charge in [0.05, 0.1) is 6.10 Å². The number of likely N-dealkylation sites (N-methyl/N-ethyl adjacent to an activating group) is 1. The minimum absolute atomic E-state index is 0.280. The molecule has 98 valence electrons. The molecule has 0 bridgehead atoms. The van der Waals surface area contributed by atoms with Crippen LogP contribution in [-0.2, 0) is 0 Å². The summed E-state index contributed by atoms with van der Waals surface area (Å²) in [5.41, 5.74) is 0. The summed E-state index contributed by atoms with van der Waals surface area (Å²) in [5.74, 6) is 1.08. The van der Waals surface area contributed by atoms with E-state index in [0.29, 0.717) is 23.9 Å². The number of nitrogens with zero attached hydrogens (tertiary/aromatic N) is 1. The molecule has 3 nitrogen and oxygen atoms in total. The fourth-order valence-corrected chi connectivity index (χ4v) is 2.13. The normalized spacial score (nSPS) is 16.5. The lowest BCUT2D eigenvalue weighted by atomic mass is 10.3. The fourth-order valence-electron chi connectivity index (χ4n) is 1.26. The molecule has 0 spiro atoms. The van der Waals surface area contributed by atoms with Crippen molar-refractivity contribution in [2.45, 2.75) is 44.6 Å². The molecule has 0 saturated carbocycles. The number of hydrogen-bond acceptors (Lipinski definition) is 4. The van der Waals surface area contributed by atoms with Crippen LogP contribution in [0.3, 0.4) is 0 Å². The Morgan fingerprint density at radius 2 is 1.88 bits per heavy atom. The van der Waals surface area contributed by atoms with E-state index in [2.05, 4.69) is 33.0 Å². The maximum Gasteiger partial charge on any atom is 0.0791 e. The second kappa shape index (κ2) is 7.54. The van der Waals surface area contributed by atoms with Crippen molar-refractivity contribution in [3.05, 3.63) is 0 Å². The van der Waals surface area contributed by atoms with E-state index < -0.39 is 0 Å². The molecule has 0 aliphatic rings. The Kier molecular flexibility index (Phi) is 7.64. The maximum atomic E-state index is 9.69. The molecule has 2 atom stereocenters. The summed E-state index contributed by atoms with van der Waals surface area (Å²) in [6, 6.07) is 0.445. The third kappa shape index (κ3) is 10.7. The van der Waals surface area contributed by atoms with Crippen LogP contribution in [0.4, 0.5) is 0 Å². The first-order chi connectivity index (χ1) is 7.20. The van der Waals surface area contributed by atoms with E-state index in [4.69, 9.17) is 0 Å². The van der Waals surface area contributed by atoms with Crippen molar-refractivity contribution in [1.29, 1.82) is 0 Å². The molecular formula is C12H28N2OS. The molecule has 0 amide bonds. The quantitative estimate of drug-likeness (QED) is 0.714. The monoisotopic (exact) mass is 248 g/mol. The molecule has 0 radical (unpaired) electrons. The second-order valence-electron chi connectivity index (χ2n) is 5.65. The minimum atomic E-state index is -0.280. The highest BCUT2D eigenvalue weighted by molar-refractivity contribution is 8.00. The lowest BCUT2D eigenvalue weighted by Gasteiger charge is -2.23. The van der Waals surface area contributed by atoms with Gasteiger partial charge in [0, 0.05) is 29.6 Å². The Bertz CT molecular complexity index is 180. The minimum Gasteiger partial charge on any atom is -0.390 e. The summed E-state index contributed by atoms with van der Waals surface area (Å²) in [4.78, 5) is 2.00. The lowest BCUT2D eigenvalue weighted by molar-refractivity contribution is 0.133. The molecule has 2 unspecified atom stereocenters. The summed E-state index contributed by atoms with van der Waals surface area (Å²) in [6.07, 6.45) is -0.280. The van der Waals surface area contributed by atoms with E-state index in [9.17, 15) is 5.11 Å². The van der Waals surface area contributed by atoms with Crippen LogP contribution < -0.4 is 5.32 Å². The summed E-state index contributed by atoms with van der Waals surface area (Å²) in [6.45, 7) is 10.2. The van der Waals surface area contributed by atoms with Crippen LogP contribution in [0.2, 0.25) is 0 Å². The van der Waals surface area contributed by atoms with Gasteiger partial charge >= 0.3 is 0 Å². The lowest BCUT2D eigenvalue weighted by Crippen LogP contribution is -2.40. The summed E-state index contributed by atoms with van der Waals surface area (Å²) >= 11 is 1.95. The van der Waals surface area contributed by atoms with Crippen molar-refractivity contribution < 1.29 is 5.11 Å². The van der Waals surface area contributed by atoms with Crippen molar-refractivity contribution in [2.75, 3.05) is 32.9 Å². The number of aliphatic hydroxyl groups is 1. The number of aliphatic hydroxyl groups excluding tert-OH is 1. The van der Waals surface area contributed by atoms with Crippen LogP contribution in [0.5, 0.6) is 0 Å². The van der Waals surface area contributed by atoms with E-state index in [1.165, 1.54) is 0 Å². The standard InChI is InChI=1S/C12H28N2OS/c1-10(9-16-12(2,3)4)13-7-11(15)8-14(5)6/h10-11,13,15H,7-9H2,1-6H3. The average molecular weight is 248 g/mol. The Hall–Kier alpha value is 0.230.